The summed E-state index contributed by atoms with van der Waals surface area (Å²) < 4.78 is 10.6. The zero-order chi connectivity index (χ0) is 16.9. The first-order valence-electron chi connectivity index (χ1n) is 7.78. The molecule has 0 aliphatic rings. The van der Waals surface area contributed by atoms with Gasteiger partial charge in [0.25, 0.3) is 0 Å². The Labute approximate surface area is 140 Å². The smallest absolute Gasteiger partial charge is 0.322 e. The Morgan fingerprint density at radius 3 is 2.71 bits per heavy atom. The van der Waals surface area contributed by atoms with Gasteiger partial charge in [0.05, 0.1) is 12.6 Å². The highest BCUT2D eigenvalue weighted by atomic mass is 16.5. The molecular weight excluding hydrogens is 304 g/mol. The molecule has 0 radical (unpaired) electrons. The lowest BCUT2D eigenvalue weighted by atomic mass is 10.1. The summed E-state index contributed by atoms with van der Waals surface area (Å²) in [5.41, 5.74) is 8.84. The molecule has 0 aliphatic carbocycles. The zero-order valence-electron chi connectivity index (χ0n) is 13.5. The number of carbonyl (C=O) groups is 1. The highest BCUT2D eigenvalue weighted by Crippen LogP contribution is 2.28. The van der Waals surface area contributed by atoms with Gasteiger partial charge < -0.3 is 20.2 Å². The molecular formula is C19H20N2O3. The van der Waals surface area contributed by atoms with Crippen molar-refractivity contribution in [3.8, 4) is 5.75 Å². The Kier molecular flexibility index (Phi) is 4.82. The van der Waals surface area contributed by atoms with Gasteiger partial charge >= 0.3 is 5.97 Å². The maximum atomic E-state index is 11.5. The predicted molar refractivity (Wildman–Crippen MR) is 92.8 cm³/mol. The van der Waals surface area contributed by atoms with Crippen LogP contribution in [0.25, 0.3) is 10.9 Å². The molecule has 1 aromatic heterocycles. The molecule has 5 nitrogen and oxygen atoms in total. The number of H-pyrrole nitrogens is 1. The second-order valence-corrected chi connectivity index (χ2v) is 5.60. The monoisotopic (exact) mass is 324 g/mol. The van der Waals surface area contributed by atoms with E-state index in [9.17, 15) is 4.79 Å². The van der Waals surface area contributed by atoms with Crippen molar-refractivity contribution in [3.63, 3.8) is 0 Å². The summed E-state index contributed by atoms with van der Waals surface area (Å²) >= 11 is 0. The molecule has 0 saturated heterocycles. The fourth-order valence-electron chi connectivity index (χ4n) is 2.68. The van der Waals surface area contributed by atoms with Crippen LogP contribution in [0.15, 0.2) is 54.7 Å². The average Bonchev–Trinajstić information content (AvgIpc) is 3.03. The quantitative estimate of drug-likeness (QED) is 0.684. The summed E-state index contributed by atoms with van der Waals surface area (Å²) in [7, 11) is 1.34. The minimum Gasteiger partial charge on any atom is -0.487 e. The number of hydrogen-bond donors (Lipinski definition) is 2. The Hall–Kier alpha value is -2.79. The zero-order valence-corrected chi connectivity index (χ0v) is 13.5. The molecule has 1 heterocycles. The van der Waals surface area contributed by atoms with Gasteiger partial charge in [-0.15, -0.1) is 0 Å². The molecule has 2 aromatic carbocycles. The molecule has 3 N–H and O–H groups in total. The van der Waals surface area contributed by atoms with Gasteiger partial charge in [0.2, 0.25) is 0 Å². The minimum atomic E-state index is -0.678. The Bertz CT molecular complexity index is 827. The van der Waals surface area contributed by atoms with Gasteiger partial charge in [0.1, 0.15) is 18.4 Å². The van der Waals surface area contributed by atoms with Crippen LogP contribution in [0.3, 0.4) is 0 Å². The first kappa shape index (κ1) is 16.1. The lowest BCUT2D eigenvalue weighted by molar-refractivity contribution is -0.142. The van der Waals surface area contributed by atoms with Crippen LogP contribution >= 0.6 is 0 Å². The average molecular weight is 324 g/mol. The summed E-state index contributed by atoms with van der Waals surface area (Å²) in [6.07, 6.45) is 2.28. The second-order valence-electron chi connectivity index (χ2n) is 5.60. The van der Waals surface area contributed by atoms with E-state index in [2.05, 4.69) is 9.72 Å². The highest BCUT2D eigenvalue weighted by molar-refractivity contribution is 5.89. The molecule has 5 heteroatoms. The third-order valence-corrected chi connectivity index (χ3v) is 3.94. The molecule has 0 aliphatic heterocycles. The van der Waals surface area contributed by atoms with Gasteiger partial charge in [-0.3, -0.25) is 4.79 Å². The van der Waals surface area contributed by atoms with E-state index in [0.717, 1.165) is 27.8 Å². The molecule has 0 bridgehead atoms. The van der Waals surface area contributed by atoms with Crippen molar-refractivity contribution in [1.82, 2.24) is 4.98 Å². The number of rotatable bonds is 6. The molecule has 0 spiro atoms. The van der Waals surface area contributed by atoms with Gasteiger partial charge in [-0.1, -0.05) is 42.5 Å². The number of aromatic nitrogens is 1. The molecule has 0 saturated carbocycles. The highest BCUT2D eigenvalue weighted by Gasteiger charge is 2.17. The third-order valence-electron chi connectivity index (χ3n) is 3.94. The molecule has 0 amide bonds. The van der Waals surface area contributed by atoms with Crippen LogP contribution in [0.5, 0.6) is 5.75 Å². The molecule has 3 rings (SSSR count). The number of benzene rings is 2. The lowest BCUT2D eigenvalue weighted by Crippen LogP contribution is -2.33. The largest absolute Gasteiger partial charge is 0.487 e. The van der Waals surface area contributed by atoms with Gasteiger partial charge in [0.15, 0.2) is 0 Å². The molecule has 1 atom stereocenters. The normalized spacial score (nSPS) is 12.1. The predicted octanol–water partition coefficient (Wildman–Crippen LogP) is 2.79. The molecule has 24 heavy (non-hydrogen) atoms. The fourth-order valence-corrected chi connectivity index (χ4v) is 2.68. The summed E-state index contributed by atoms with van der Waals surface area (Å²) in [5, 5.41) is 1.000. The number of ether oxygens (including phenoxy) is 2. The van der Waals surface area contributed by atoms with Gasteiger partial charge in [-0.05, 0) is 17.2 Å². The Balaban J connectivity index is 1.80. The Morgan fingerprint density at radius 1 is 1.17 bits per heavy atom. The number of hydrogen-bond acceptors (Lipinski definition) is 4. The first-order valence-corrected chi connectivity index (χ1v) is 7.78. The van der Waals surface area contributed by atoms with E-state index >= 15 is 0 Å². The van der Waals surface area contributed by atoms with Gasteiger partial charge in [-0.25, -0.2) is 0 Å². The van der Waals surface area contributed by atoms with E-state index in [4.69, 9.17) is 10.5 Å². The van der Waals surface area contributed by atoms with Gasteiger partial charge in [-0.2, -0.15) is 0 Å². The van der Waals surface area contributed by atoms with Crippen LogP contribution in [0.1, 0.15) is 11.1 Å². The number of methoxy groups -OCH3 is 1. The number of fused-ring (bicyclic) bond motifs is 1. The second kappa shape index (κ2) is 7.19. The first-order chi connectivity index (χ1) is 11.7. The maximum Gasteiger partial charge on any atom is 0.322 e. The Morgan fingerprint density at radius 2 is 1.96 bits per heavy atom. The van der Waals surface area contributed by atoms with E-state index < -0.39 is 12.0 Å². The van der Waals surface area contributed by atoms with Crippen molar-refractivity contribution < 1.29 is 14.3 Å². The van der Waals surface area contributed by atoms with Crippen molar-refractivity contribution in [2.45, 2.75) is 19.1 Å². The van der Waals surface area contributed by atoms with E-state index in [-0.39, 0.29) is 0 Å². The lowest BCUT2D eigenvalue weighted by Gasteiger charge is -2.09. The van der Waals surface area contributed by atoms with E-state index in [1.165, 1.54) is 7.11 Å². The fraction of sp³-hybridized carbons (Fsp3) is 0.211. The summed E-state index contributed by atoms with van der Waals surface area (Å²) in [6, 6.07) is 15.2. The number of esters is 1. The standard InChI is InChI=1S/C19H20N2O3/c1-23-19(22)16(20)10-14-11-21-18-15(14)8-5-9-17(18)24-12-13-6-3-2-4-7-13/h2-9,11,16,21H,10,12,20H2,1H3/t16-/m1/s1. The van der Waals surface area contributed by atoms with Crippen molar-refractivity contribution in [3.05, 3.63) is 65.9 Å². The third kappa shape index (κ3) is 3.41. The minimum absolute atomic E-state index is 0.412. The van der Waals surface area contributed by atoms with Crippen molar-refractivity contribution in [2.75, 3.05) is 7.11 Å². The van der Waals surface area contributed by atoms with E-state index in [1.54, 1.807) is 0 Å². The van der Waals surface area contributed by atoms with Crippen LogP contribution in [0.2, 0.25) is 0 Å². The van der Waals surface area contributed by atoms with Crippen molar-refractivity contribution in [2.24, 2.45) is 5.73 Å². The summed E-state index contributed by atoms with van der Waals surface area (Å²) in [4.78, 5) is 14.7. The van der Waals surface area contributed by atoms with Crippen LogP contribution in [-0.4, -0.2) is 24.1 Å². The number of nitrogens with two attached hydrogens (primary N) is 1. The summed E-state index contributed by atoms with van der Waals surface area (Å²) in [6.45, 7) is 0.496. The van der Waals surface area contributed by atoms with Crippen LogP contribution in [0.4, 0.5) is 0 Å². The molecule has 124 valence electrons. The number of para-hydroxylation sites is 1. The SMILES string of the molecule is COC(=O)[C@H](N)Cc1c[nH]c2c(OCc3ccccc3)cccc12. The summed E-state index contributed by atoms with van der Waals surface area (Å²) in [5.74, 6) is 0.357. The van der Waals surface area contributed by atoms with Crippen LogP contribution in [0, 0.1) is 0 Å². The molecule has 0 unspecified atom stereocenters. The van der Waals surface area contributed by atoms with Crippen LogP contribution < -0.4 is 10.5 Å². The molecule has 3 aromatic rings. The number of nitrogens with one attached hydrogen (secondary N) is 1. The van der Waals surface area contributed by atoms with E-state index in [1.807, 2.05) is 54.7 Å². The van der Waals surface area contributed by atoms with Gasteiger partial charge in [0, 0.05) is 18.0 Å². The number of aromatic amines is 1. The van der Waals surface area contributed by atoms with Crippen molar-refractivity contribution in [1.29, 1.82) is 0 Å². The number of carbonyl (C=O) groups excluding carboxylic acids is 1. The van der Waals surface area contributed by atoms with Crippen LogP contribution in [-0.2, 0) is 22.6 Å². The molecule has 0 fully saturated rings. The topological polar surface area (TPSA) is 77.3 Å². The van der Waals surface area contributed by atoms with Crippen molar-refractivity contribution >= 4 is 16.9 Å². The maximum absolute atomic E-state index is 11.5. The van der Waals surface area contributed by atoms with E-state index in [0.29, 0.717) is 13.0 Å².